The van der Waals surface area contributed by atoms with Gasteiger partial charge in [-0.25, -0.2) is 4.98 Å². The molecule has 4 rings (SSSR count). The number of thiocarbonyl (C=S) groups is 1. The molecule has 0 aliphatic heterocycles. The molecule has 0 saturated carbocycles. The topological polar surface area (TPSA) is 122 Å². The Morgan fingerprint density at radius 3 is 2.56 bits per heavy atom. The first kappa shape index (κ1) is 23.0. The Bertz CT molecular complexity index is 1370. The van der Waals surface area contributed by atoms with Crippen LogP contribution < -0.4 is 26.2 Å². The zero-order valence-electron chi connectivity index (χ0n) is 17.7. The summed E-state index contributed by atoms with van der Waals surface area (Å²) in [6, 6.07) is 13.5. The highest BCUT2D eigenvalue weighted by Gasteiger charge is 2.11. The lowest BCUT2D eigenvalue weighted by atomic mass is 10.3. The van der Waals surface area contributed by atoms with Gasteiger partial charge in [0.1, 0.15) is 28.5 Å². The number of hydrazine groups is 1. The van der Waals surface area contributed by atoms with Gasteiger partial charge in [0.05, 0.1) is 0 Å². The monoisotopic (exact) mass is 495 g/mol. The summed E-state index contributed by atoms with van der Waals surface area (Å²) in [5, 5.41) is 6.17. The van der Waals surface area contributed by atoms with E-state index < -0.39 is 5.91 Å². The molecule has 2 amide bonds. The lowest BCUT2D eigenvalue weighted by molar-refractivity contribution is 0.0937. The highest BCUT2D eigenvalue weighted by atomic mass is 35.5. The number of fused-ring (bicyclic) bond motifs is 1. The summed E-state index contributed by atoms with van der Waals surface area (Å²) in [6.07, 6.45) is 4.79. The predicted octanol–water partition coefficient (Wildman–Crippen LogP) is 3.17. The van der Waals surface area contributed by atoms with Crippen LogP contribution in [0.5, 0.6) is 11.5 Å². The molecular formula is C22H18ClN7O3S. The summed E-state index contributed by atoms with van der Waals surface area (Å²) in [6.45, 7) is 0. The smallest absolute Gasteiger partial charge is 0.289 e. The lowest BCUT2D eigenvalue weighted by Crippen LogP contribution is -2.43. The van der Waals surface area contributed by atoms with Crippen LogP contribution >= 0.6 is 23.8 Å². The molecule has 4 N–H and O–H groups in total. The zero-order valence-corrected chi connectivity index (χ0v) is 19.3. The maximum atomic E-state index is 12.3. The number of pyridine rings is 2. The Labute approximate surface area is 204 Å². The number of amides is 2. The van der Waals surface area contributed by atoms with Gasteiger partial charge in [0.2, 0.25) is 0 Å². The van der Waals surface area contributed by atoms with E-state index in [0.29, 0.717) is 27.9 Å². The molecule has 0 radical (unpaired) electrons. The van der Waals surface area contributed by atoms with Gasteiger partial charge in [-0.3, -0.25) is 25.4 Å². The predicted molar refractivity (Wildman–Crippen MR) is 131 cm³/mol. The van der Waals surface area contributed by atoms with Crippen LogP contribution in [-0.2, 0) is 0 Å². The summed E-state index contributed by atoms with van der Waals surface area (Å²) < 4.78 is 7.45. The van der Waals surface area contributed by atoms with Crippen LogP contribution in [0.4, 0.5) is 5.69 Å². The number of anilines is 1. The number of hydrogen-bond donors (Lipinski definition) is 4. The summed E-state index contributed by atoms with van der Waals surface area (Å²) in [7, 11) is 1.53. The average Bonchev–Trinajstić information content (AvgIpc) is 3.27. The van der Waals surface area contributed by atoms with Crippen molar-refractivity contribution in [3.8, 4) is 11.5 Å². The van der Waals surface area contributed by atoms with E-state index in [1.54, 1.807) is 65.3 Å². The Balaban J connectivity index is 1.30. The van der Waals surface area contributed by atoms with E-state index in [-0.39, 0.29) is 22.4 Å². The molecule has 1 aromatic carbocycles. The van der Waals surface area contributed by atoms with Crippen LogP contribution in [0.2, 0.25) is 5.02 Å². The summed E-state index contributed by atoms with van der Waals surface area (Å²) >= 11 is 11.2. The van der Waals surface area contributed by atoms with Gasteiger partial charge in [0, 0.05) is 48.5 Å². The zero-order chi connectivity index (χ0) is 24.1. The van der Waals surface area contributed by atoms with E-state index in [9.17, 15) is 9.59 Å². The molecule has 0 atom stereocenters. The molecular weight excluding hydrogens is 478 g/mol. The first-order chi connectivity index (χ1) is 16.4. The number of nitrogens with one attached hydrogen (secondary N) is 4. The van der Waals surface area contributed by atoms with E-state index in [2.05, 4.69) is 31.5 Å². The van der Waals surface area contributed by atoms with Crippen molar-refractivity contribution in [1.82, 2.24) is 30.5 Å². The molecule has 0 unspecified atom stereocenters. The molecule has 0 spiro atoms. The third-order valence-electron chi connectivity index (χ3n) is 4.48. The molecule has 0 saturated heterocycles. The number of halogens is 1. The van der Waals surface area contributed by atoms with Gasteiger partial charge in [0.25, 0.3) is 11.8 Å². The largest absolute Gasteiger partial charge is 0.457 e. The van der Waals surface area contributed by atoms with Gasteiger partial charge < -0.3 is 19.8 Å². The van der Waals surface area contributed by atoms with Crippen molar-refractivity contribution < 1.29 is 14.3 Å². The second-order valence-corrected chi connectivity index (χ2v) is 7.70. The van der Waals surface area contributed by atoms with Crippen LogP contribution in [-0.4, -0.2) is 38.3 Å². The molecule has 3 heterocycles. The second-order valence-electron chi connectivity index (χ2n) is 6.85. The standard InChI is InChI=1S/C22H18ClN7O3S/c1-24-20(31)17-11-16(6-8-25-17)33-15-4-2-14(3-5-15)26-22(34)29-28-21(32)18-12-30-9-7-13(23)10-19(30)27-18/h2-12H,1H3,(H,24,31)(H,28,32)(H2,26,29,34). The molecule has 0 aliphatic rings. The number of carbonyl (C=O) groups excluding carboxylic acids is 2. The summed E-state index contributed by atoms with van der Waals surface area (Å²) in [5.74, 6) is 0.270. The van der Waals surface area contributed by atoms with Gasteiger partial charge >= 0.3 is 0 Å². The van der Waals surface area contributed by atoms with Gasteiger partial charge in [0.15, 0.2) is 5.11 Å². The number of nitrogens with zero attached hydrogens (tertiary/aromatic N) is 3. The Morgan fingerprint density at radius 1 is 1.00 bits per heavy atom. The lowest BCUT2D eigenvalue weighted by Gasteiger charge is -2.12. The van der Waals surface area contributed by atoms with E-state index in [4.69, 9.17) is 28.6 Å². The summed E-state index contributed by atoms with van der Waals surface area (Å²) in [4.78, 5) is 32.3. The molecule has 34 heavy (non-hydrogen) atoms. The quantitative estimate of drug-likeness (QED) is 0.246. The van der Waals surface area contributed by atoms with Crippen molar-refractivity contribution in [3.63, 3.8) is 0 Å². The highest BCUT2D eigenvalue weighted by Crippen LogP contribution is 2.23. The minimum atomic E-state index is -0.457. The fourth-order valence-corrected chi connectivity index (χ4v) is 3.20. The van der Waals surface area contributed by atoms with Crippen molar-refractivity contribution in [2.75, 3.05) is 12.4 Å². The highest BCUT2D eigenvalue weighted by molar-refractivity contribution is 7.80. The van der Waals surface area contributed by atoms with Crippen LogP contribution in [0.25, 0.3) is 5.65 Å². The molecule has 4 aromatic rings. The van der Waals surface area contributed by atoms with Crippen molar-refractivity contribution in [2.45, 2.75) is 0 Å². The van der Waals surface area contributed by atoms with E-state index in [0.717, 1.165) is 0 Å². The van der Waals surface area contributed by atoms with Crippen molar-refractivity contribution >= 4 is 52.1 Å². The summed E-state index contributed by atoms with van der Waals surface area (Å²) in [5.41, 5.74) is 6.80. The fourth-order valence-electron chi connectivity index (χ4n) is 2.88. The third kappa shape index (κ3) is 5.57. The fraction of sp³-hybridized carbons (Fsp3) is 0.0455. The second kappa shape index (κ2) is 10.1. The van der Waals surface area contributed by atoms with Crippen LogP contribution in [0, 0.1) is 0 Å². The van der Waals surface area contributed by atoms with E-state index in [1.807, 2.05) is 0 Å². The van der Waals surface area contributed by atoms with Crippen molar-refractivity contribution in [2.24, 2.45) is 0 Å². The van der Waals surface area contributed by atoms with Crippen LogP contribution in [0.15, 0.2) is 67.1 Å². The van der Waals surface area contributed by atoms with Gasteiger partial charge in [-0.2, -0.15) is 0 Å². The Hall–Kier alpha value is -4.22. The third-order valence-corrected chi connectivity index (χ3v) is 4.92. The maximum Gasteiger partial charge on any atom is 0.289 e. The maximum absolute atomic E-state index is 12.3. The number of rotatable bonds is 5. The van der Waals surface area contributed by atoms with Crippen LogP contribution in [0.1, 0.15) is 21.0 Å². The number of aromatic nitrogens is 3. The first-order valence-electron chi connectivity index (χ1n) is 9.89. The number of ether oxygens (including phenoxy) is 1. The van der Waals surface area contributed by atoms with Gasteiger partial charge in [-0.15, -0.1) is 0 Å². The normalized spacial score (nSPS) is 10.4. The van der Waals surface area contributed by atoms with Crippen molar-refractivity contribution in [1.29, 1.82) is 0 Å². The number of hydrogen-bond acceptors (Lipinski definition) is 6. The first-order valence-corrected chi connectivity index (χ1v) is 10.7. The van der Waals surface area contributed by atoms with E-state index >= 15 is 0 Å². The number of imidazole rings is 1. The minimum absolute atomic E-state index is 0.179. The van der Waals surface area contributed by atoms with Gasteiger partial charge in [-0.05, 0) is 48.6 Å². The molecule has 0 fully saturated rings. The minimum Gasteiger partial charge on any atom is -0.457 e. The molecule has 10 nitrogen and oxygen atoms in total. The van der Waals surface area contributed by atoms with E-state index in [1.165, 1.54) is 13.2 Å². The van der Waals surface area contributed by atoms with Gasteiger partial charge in [-0.1, -0.05) is 11.6 Å². The molecule has 0 bridgehead atoms. The molecule has 3 aromatic heterocycles. The number of benzene rings is 1. The Kier molecular flexibility index (Phi) is 6.85. The van der Waals surface area contributed by atoms with Crippen molar-refractivity contribution in [3.05, 3.63) is 83.5 Å². The molecule has 172 valence electrons. The average molecular weight is 496 g/mol. The Morgan fingerprint density at radius 2 is 1.79 bits per heavy atom. The number of carbonyl (C=O) groups is 2. The molecule has 0 aliphatic carbocycles. The van der Waals surface area contributed by atoms with Crippen LogP contribution in [0.3, 0.4) is 0 Å². The molecule has 12 heteroatoms. The SMILES string of the molecule is CNC(=O)c1cc(Oc2ccc(NC(=S)NNC(=O)c3cn4ccc(Cl)cc4n3)cc2)ccn1.